The number of thiazole rings is 1. The first-order valence-corrected chi connectivity index (χ1v) is 12.4. The summed E-state index contributed by atoms with van der Waals surface area (Å²) in [4.78, 5) is 16.7. The van der Waals surface area contributed by atoms with Gasteiger partial charge in [-0.15, -0.1) is 11.3 Å². The molecule has 0 amide bonds. The first kappa shape index (κ1) is 23.5. The molecule has 1 fully saturated rings. The topological polar surface area (TPSA) is 96.6 Å². The molecule has 0 radical (unpaired) electrons. The number of halogens is 3. The molecule has 1 saturated heterocycles. The van der Waals surface area contributed by atoms with E-state index in [1.54, 1.807) is 0 Å². The molecule has 13 heteroatoms. The Morgan fingerprint density at radius 2 is 1.82 bits per heavy atom. The molecule has 0 unspecified atom stereocenters. The lowest BCUT2D eigenvalue weighted by molar-refractivity contribution is -0.384. The third-order valence-corrected chi connectivity index (χ3v) is 8.33. The van der Waals surface area contributed by atoms with E-state index in [0.29, 0.717) is 35.9 Å². The highest BCUT2D eigenvalue weighted by Gasteiger charge is 2.31. The second kappa shape index (κ2) is 9.29. The molecule has 0 bridgehead atoms. The van der Waals surface area contributed by atoms with E-state index in [0.717, 1.165) is 18.2 Å². The number of aromatic nitrogens is 1. The zero-order chi connectivity index (χ0) is 23.8. The average molecular weight is 515 g/mol. The summed E-state index contributed by atoms with van der Waals surface area (Å²) in [5.41, 5.74) is 0.830. The molecule has 2 aromatic carbocycles. The van der Waals surface area contributed by atoms with Crippen molar-refractivity contribution in [3.8, 4) is 0 Å². The maximum Gasteiger partial charge on any atom is 0.289 e. The highest BCUT2D eigenvalue weighted by molar-refractivity contribution is 7.89. The fraction of sp³-hybridized carbons (Fsp3) is 0.250. The number of hydrogen-bond acceptors (Lipinski definition) is 7. The maximum atomic E-state index is 13.4. The summed E-state index contributed by atoms with van der Waals surface area (Å²) in [7, 11) is -3.92. The Kier molecular flexibility index (Phi) is 6.61. The van der Waals surface area contributed by atoms with Crippen LogP contribution in [0.5, 0.6) is 0 Å². The normalized spacial score (nSPS) is 15.1. The van der Waals surface area contributed by atoms with E-state index in [9.17, 15) is 27.3 Å². The summed E-state index contributed by atoms with van der Waals surface area (Å²) in [6.45, 7) is 1.12. The van der Waals surface area contributed by atoms with E-state index in [2.05, 4.69) is 4.98 Å². The minimum absolute atomic E-state index is 0.133. The van der Waals surface area contributed by atoms with E-state index < -0.39 is 32.3 Å². The lowest BCUT2D eigenvalue weighted by Crippen LogP contribution is -2.48. The predicted molar refractivity (Wildman–Crippen MR) is 120 cm³/mol. The molecule has 2 heterocycles. The fourth-order valence-corrected chi connectivity index (χ4v) is 5.95. The minimum atomic E-state index is -3.92. The van der Waals surface area contributed by atoms with Crippen molar-refractivity contribution in [2.24, 2.45) is 0 Å². The van der Waals surface area contributed by atoms with Gasteiger partial charge in [-0.05, 0) is 29.8 Å². The number of sulfonamides is 1. The van der Waals surface area contributed by atoms with Crippen LogP contribution in [0.1, 0.15) is 11.3 Å². The van der Waals surface area contributed by atoms with Gasteiger partial charge in [-0.3, -0.25) is 10.1 Å². The summed E-state index contributed by atoms with van der Waals surface area (Å²) in [6.07, 6.45) is 0.345. The zero-order valence-corrected chi connectivity index (χ0v) is 19.3. The van der Waals surface area contributed by atoms with Gasteiger partial charge in [0.1, 0.15) is 5.02 Å². The van der Waals surface area contributed by atoms with Crippen LogP contribution in [-0.2, 0) is 16.4 Å². The van der Waals surface area contributed by atoms with Crippen LogP contribution in [0.25, 0.3) is 0 Å². The third-order valence-electron chi connectivity index (χ3n) is 5.17. The second-order valence-corrected chi connectivity index (χ2v) is 10.5. The highest BCUT2D eigenvalue weighted by atomic mass is 35.5. The zero-order valence-electron chi connectivity index (χ0n) is 16.9. The number of piperazine rings is 1. The van der Waals surface area contributed by atoms with Crippen LogP contribution in [0.2, 0.25) is 5.02 Å². The molecular weight excluding hydrogens is 498 g/mol. The molecule has 1 aliphatic rings. The van der Waals surface area contributed by atoms with Gasteiger partial charge in [-0.1, -0.05) is 17.7 Å². The van der Waals surface area contributed by atoms with Crippen molar-refractivity contribution in [3.63, 3.8) is 0 Å². The molecule has 0 spiro atoms. The Hall–Kier alpha value is -2.67. The van der Waals surface area contributed by atoms with Crippen molar-refractivity contribution in [3.05, 3.63) is 79.8 Å². The van der Waals surface area contributed by atoms with Crippen molar-refractivity contribution in [1.82, 2.24) is 9.29 Å². The summed E-state index contributed by atoms with van der Waals surface area (Å²) >= 11 is 7.17. The van der Waals surface area contributed by atoms with E-state index >= 15 is 0 Å². The first-order valence-electron chi connectivity index (χ1n) is 9.72. The molecule has 0 atom stereocenters. The maximum absolute atomic E-state index is 13.4. The van der Waals surface area contributed by atoms with E-state index in [-0.39, 0.29) is 23.0 Å². The first-order chi connectivity index (χ1) is 15.6. The van der Waals surface area contributed by atoms with Gasteiger partial charge in [0.05, 0.1) is 15.5 Å². The molecule has 1 aliphatic heterocycles. The Morgan fingerprint density at radius 1 is 1.09 bits per heavy atom. The van der Waals surface area contributed by atoms with Gasteiger partial charge in [-0.25, -0.2) is 22.2 Å². The molecule has 8 nitrogen and oxygen atoms in total. The number of rotatable bonds is 6. The number of hydrogen-bond donors (Lipinski definition) is 0. The monoisotopic (exact) mass is 514 g/mol. The Morgan fingerprint density at radius 3 is 2.48 bits per heavy atom. The van der Waals surface area contributed by atoms with Gasteiger partial charge < -0.3 is 4.90 Å². The molecule has 3 aromatic rings. The number of nitro groups is 1. The molecule has 0 saturated carbocycles. The van der Waals surface area contributed by atoms with Gasteiger partial charge in [0.25, 0.3) is 5.69 Å². The Labute approximate surface area is 197 Å². The number of nitrogens with zero attached hydrogens (tertiary/aromatic N) is 4. The molecule has 33 heavy (non-hydrogen) atoms. The Balaban J connectivity index is 1.42. The third kappa shape index (κ3) is 4.98. The van der Waals surface area contributed by atoms with Gasteiger partial charge in [0, 0.05) is 44.0 Å². The van der Waals surface area contributed by atoms with Gasteiger partial charge in [0.15, 0.2) is 16.8 Å². The molecular formula is C20H17ClF2N4O4S2. The molecule has 174 valence electrons. The van der Waals surface area contributed by atoms with Crippen LogP contribution < -0.4 is 4.90 Å². The van der Waals surface area contributed by atoms with Crippen molar-refractivity contribution in [2.75, 3.05) is 31.1 Å². The lowest BCUT2D eigenvalue weighted by atomic mass is 10.1. The van der Waals surface area contributed by atoms with Crippen LogP contribution in [0, 0.1) is 21.7 Å². The second-order valence-electron chi connectivity index (χ2n) is 7.31. The van der Waals surface area contributed by atoms with Gasteiger partial charge >= 0.3 is 0 Å². The SMILES string of the molecule is O=[N+]([O-])c1cc(S(=O)(=O)N2CCN(c3nc(Cc4ccc(F)c(F)c4)cs3)CC2)ccc1Cl. The van der Waals surface area contributed by atoms with E-state index in [1.807, 2.05) is 10.3 Å². The van der Waals surface area contributed by atoms with Gasteiger partial charge in [0.2, 0.25) is 10.0 Å². The predicted octanol–water partition coefficient (Wildman–Crippen LogP) is 4.08. The van der Waals surface area contributed by atoms with E-state index in [1.165, 1.54) is 33.8 Å². The summed E-state index contributed by atoms with van der Waals surface area (Å²) in [6, 6.07) is 7.14. The number of nitro benzene ring substituents is 1. The Bertz CT molecular complexity index is 1310. The standard InChI is InChI=1S/C20H17ClF2N4O4S2/c21-16-3-2-15(11-19(16)27(28)29)33(30,31)26-7-5-25(6-8-26)20-24-14(12-32-20)9-13-1-4-17(22)18(23)10-13/h1-4,10-12H,5-9H2. The number of benzene rings is 2. The quantitative estimate of drug-likeness (QED) is 0.363. The van der Waals surface area contributed by atoms with E-state index in [4.69, 9.17) is 11.6 Å². The fourth-order valence-electron chi connectivity index (χ4n) is 3.44. The summed E-state index contributed by atoms with van der Waals surface area (Å²) in [5, 5.41) is 13.5. The van der Waals surface area contributed by atoms with Crippen molar-refractivity contribution in [1.29, 1.82) is 0 Å². The van der Waals surface area contributed by atoms with Crippen LogP contribution >= 0.6 is 22.9 Å². The average Bonchev–Trinajstić information content (AvgIpc) is 3.25. The number of anilines is 1. The summed E-state index contributed by atoms with van der Waals surface area (Å²) in [5.74, 6) is -1.81. The van der Waals surface area contributed by atoms with Crippen molar-refractivity contribution >= 4 is 43.8 Å². The van der Waals surface area contributed by atoms with Crippen molar-refractivity contribution < 1.29 is 22.1 Å². The molecule has 0 N–H and O–H groups in total. The van der Waals surface area contributed by atoms with Crippen LogP contribution in [0.3, 0.4) is 0 Å². The van der Waals surface area contributed by atoms with Gasteiger partial charge in [-0.2, -0.15) is 4.31 Å². The molecule has 4 rings (SSSR count). The highest BCUT2D eigenvalue weighted by Crippen LogP contribution is 2.30. The van der Waals surface area contributed by atoms with Crippen LogP contribution in [0.15, 0.2) is 46.7 Å². The smallest absolute Gasteiger partial charge is 0.289 e. The van der Waals surface area contributed by atoms with Crippen LogP contribution in [0.4, 0.5) is 19.6 Å². The van der Waals surface area contributed by atoms with Crippen LogP contribution in [-0.4, -0.2) is 48.8 Å². The molecule has 1 aromatic heterocycles. The minimum Gasteiger partial charge on any atom is -0.345 e. The van der Waals surface area contributed by atoms with Crippen molar-refractivity contribution in [2.45, 2.75) is 11.3 Å². The lowest BCUT2D eigenvalue weighted by Gasteiger charge is -2.33. The summed E-state index contributed by atoms with van der Waals surface area (Å²) < 4.78 is 53.7. The molecule has 0 aliphatic carbocycles. The largest absolute Gasteiger partial charge is 0.345 e.